The number of carbonyl (C=O) groups excluding carboxylic acids is 4. The number of fused-ring (bicyclic) bond motifs is 4. The highest BCUT2D eigenvalue weighted by Gasteiger charge is 2.77. The molecular formula is C38H34Cl2FN3O8. The van der Waals surface area contributed by atoms with E-state index in [9.17, 15) is 28.7 Å². The molecule has 1 saturated carbocycles. The zero-order valence-corrected chi connectivity index (χ0v) is 29.7. The van der Waals surface area contributed by atoms with Crippen LogP contribution in [-0.2, 0) is 23.9 Å². The smallest absolute Gasteiger partial charge is 0.258 e. The molecule has 11 nitrogen and oxygen atoms in total. The second kappa shape index (κ2) is 12.5. The first-order chi connectivity index (χ1) is 24.9. The van der Waals surface area contributed by atoms with Gasteiger partial charge in [0.2, 0.25) is 11.8 Å². The first kappa shape index (κ1) is 34.4. The molecule has 4 amide bonds. The Morgan fingerprint density at radius 3 is 2.12 bits per heavy atom. The monoisotopic (exact) mass is 749 g/mol. The van der Waals surface area contributed by atoms with E-state index in [4.69, 9.17) is 37.4 Å². The largest absolute Gasteiger partial charge is 0.507 e. The number of aromatic hydroxyl groups is 1. The standard InChI is InChI=1S/C38H34Cl2FN3O8/c1-50-24-17-28(45)31(29(18-24)51-2)32-25-11-12-26-30(34(47)43(33(26)46)22-9-7-21(8-10-22)42-13-15-52-16-14-42)27(25)19-37(39)35(48)44(36(49)38(32,37)40)23-5-3-20(41)4-6-23/h3-11,17-18,26-27,30,32,45H,12-16,19H2,1-2H3/t26-,27+,30-,32+,37+,38-/m0/s1. The lowest BCUT2D eigenvalue weighted by Crippen LogP contribution is -2.60. The molecule has 0 aromatic heterocycles. The third-order valence-electron chi connectivity index (χ3n) is 11.2. The van der Waals surface area contributed by atoms with E-state index in [-0.39, 0.29) is 47.2 Å². The van der Waals surface area contributed by atoms with Crippen LogP contribution in [0.1, 0.15) is 24.3 Å². The van der Waals surface area contributed by atoms with Crippen molar-refractivity contribution in [1.82, 2.24) is 0 Å². The number of ether oxygens (including phenoxy) is 3. The van der Waals surface area contributed by atoms with Crippen molar-refractivity contribution in [1.29, 1.82) is 0 Å². The Morgan fingerprint density at radius 2 is 1.46 bits per heavy atom. The molecule has 3 saturated heterocycles. The zero-order chi connectivity index (χ0) is 36.7. The van der Waals surface area contributed by atoms with Crippen LogP contribution in [0.25, 0.3) is 0 Å². The maximum Gasteiger partial charge on any atom is 0.258 e. The van der Waals surface area contributed by atoms with Crippen molar-refractivity contribution in [2.45, 2.75) is 28.5 Å². The van der Waals surface area contributed by atoms with E-state index in [0.29, 0.717) is 24.5 Å². The number of amides is 4. The van der Waals surface area contributed by atoms with Gasteiger partial charge >= 0.3 is 0 Å². The Morgan fingerprint density at radius 1 is 0.827 bits per heavy atom. The van der Waals surface area contributed by atoms with Gasteiger partial charge in [-0.2, -0.15) is 0 Å². The van der Waals surface area contributed by atoms with Gasteiger partial charge in [0.25, 0.3) is 11.8 Å². The molecule has 14 heteroatoms. The van der Waals surface area contributed by atoms with E-state index in [0.717, 1.165) is 35.8 Å². The minimum absolute atomic E-state index is 0.0455. The molecule has 270 valence electrons. The number of hydrogen-bond donors (Lipinski definition) is 1. The quantitative estimate of drug-likeness (QED) is 0.207. The number of benzene rings is 3. The van der Waals surface area contributed by atoms with Gasteiger partial charge in [-0.25, -0.2) is 9.29 Å². The van der Waals surface area contributed by atoms with Gasteiger partial charge in [0.05, 0.1) is 50.6 Å². The summed E-state index contributed by atoms with van der Waals surface area (Å²) in [7, 11) is 2.78. The first-order valence-corrected chi connectivity index (χ1v) is 17.7. The summed E-state index contributed by atoms with van der Waals surface area (Å²) in [6.45, 7) is 2.65. The summed E-state index contributed by atoms with van der Waals surface area (Å²) in [5.41, 5.74) is 1.93. The summed E-state index contributed by atoms with van der Waals surface area (Å²) in [4.78, 5) is 57.6. The second-order valence-corrected chi connectivity index (χ2v) is 14.9. The number of phenolic OH excluding ortho intramolecular Hbond substituents is 1. The molecule has 0 radical (unpaired) electrons. The summed E-state index contributed by atoms with van der Waals surface area (Å²) in [6, 6.07) is 14.8. The highest BCUT2D eigenvalue weighted by Crippen LogP contribution is 2.67. The molecule has 3 heterocycles. The molecule has 5 aliphatic rings. The van der Waals surface area contributed by atoms with Crippen molar-refractivity contribution in [2.75, 3.05) is 55.2 Å². The Bertz CT molecular complexity index is 2040. The highest BCUT2D eigenvalue weighted by atomic mass is 35.5. The van der Waals surface area contributed by atoms with Gasteiger partial charge in [-0.05, 0) is 67.3 Å². The summed E-state index contributed by atoms with van der Waals surface area (Å²) in [5.74, 6) is -7.10. The molecule has 3 aromatic rings. The van der Waals surface area contributed by atoms with Crippen LogP contribution >= 0.6 is 23.2 Å². The third kappa shape index (κ3) is 4.80. The van der Waals surface area contributed by atoms with Crippen LogP contribution in [0.15, 0.2) is 72.3 Å². The molecule has 6 atom stereocenters. The predicted molar refractivity (Wildman–Crippen MR) is 190 cm³/mol. The lowest BCUT2D eigenvalue weighted by molar-refractivity contribution is -0.125. The van der Waals surface area contributed by atoms with Gasteiger partial charge < -0.3 is 24.2 Å². The SMILES string of the molecule is COc1cc(O)c([C@H]2C3=CC[C@@H]4C(=O)N(c5ccc(N6CCOCC6)cc5)C(=O)[C@@H]4[C@@H]3C[C@@]3(Cl)C(=O)N(c4ccc(F)cc4)C(=O)[C@@]23Cl)c(OC)c1. The Hall–Kier alpha value is -4.65. The number of anilines is 3. The molecule has 8 rings (SSSR count). The number of morpholine rings is 1. The number of methoxy groups -OCH3 is 2. The van der Waals surface area contributed by atoms with Crippen molar-refractivity contribution in [3.05, 3.63) is 83.7 Å². The number of nitrogens with zero attached hydrogens (tertiary/aromatic N) is 3. The summed E-state index contributed by atoms with van der Waals surface area (Å²) < 4.78 is 30.5. The van der Waals surface area contributed by atoms with E-state index in [1.165, 1.54) is 43.4 Å². The summed E-state index contributed by atoms with van der Waals surface area (Å²) >= 11 is 14.9. The maximum absolute atomic E-state index is 14.7. The number of alkyl halides is 2. The van der Waals surface area contributed by atoms with E-state index in [1.54, 1.807) is 18.2 Å². The number of rotatable bonds is 6. The number of halogens is 3. The number of hydrogen-bond acceptors (Lipinski definition) is 9. The molecule has 1 N–H and O–H groups in total. The van der Waals surface area contributed by atoms with Crippen LogP contribution in [0, 0.1) is 23.6 Å². The molecule has 2 aliphatic carbocycles. The lowest BCUT2D eigenvalue weighted by atomic mass is 9.56. The molecule has 0 spiro atoms. The van der Waals surface area contributed by atoms with Crippen LogP contribution in [0.4, 0.5) is 21.5 Å². The van der Waals surface area contributed by atoms with E-state index in [1.807, 2.05) is 12.1 Å². The minimum Gasteiger partial charge on any atom is -0.507 e. The molecular weight excluding hydrogens is 716 g/mol. The van der Waals surface area contributed by atoms with Crippen LogP contribution < -0.4 is 24.2 Å². The molecule has 3 aliphatic heterocycles. The number of imide groups is 2. The van der Waals surface area contributed by atoms with E-state index >= 15 is 0 Å². The normalized spacial score (nSPS) is 29.9. The summed E-state index contributed by atoms with van der Waals surface area (Å²) in [6.07, 6.45) is 1.63. The first-order valence-electron chi connectivity index (χ1n) is 16.9. The van der Waals surface area contributed by atoms with Crippen LogP contribution in [0.5, 0.6) is 17.2 Å². The third-order valence-corrected chi connectivity index (χ3v) is 12.6. The average Bonchev–Trinajstić information content (AvgIpc) is 3.49. The minimum atomic E-state index is -2.25. The van der Waals surface area contributed by atoms with Crippen molar-refractivity contribution in [3.63, 3.8) is 0 Å². The maximum atomic E-state index is 14.7. The Balaban J connectivity index is 1.25. The predicted octanol–water partition coefficient (Wildman–Crippen LogP) is 5.15. The fourth-order valence-corrected chi connectivity index (χ4v) is 9.69. The second-order valence-electron chi connectivity index (χ2n) is 13.6. The van der Waals surface area contributed by atoms with Crippen LogP contribution in [0.2, 0.25) is 0 Å². The lowest BCUT2D eigenvalue weighted by Gasteiger charge is -2.50. The van der Waals surface area contributed by atoms with Crippen LogP contribution in [0.3, 0.4) is 0 Å². The summed E-state index contributed by atoms with van der Waals surface area (Å²) in [5, 5.41) is 11.6. The molecule has 52 heavy (non-hydrogen) atoms. The average molecular weight is 751 g/mol. The van der Waals surface area contributed by atoms with Crippen LogP contribution in [-0.4, -0.2) is 79.0 Å². The van der Waals surface area contributed by atoms with Gasteiger partial charge in [0.1, 0.15) is 23.1 Å². The number of carbonyl (C=O) groups is 4. The van der Waals surface area contributed by atoms with Crippen molar-refractivity contribution in [3.8, 4) is 17.2 Å². The van der Waals surface area contributed by atoms with Crippen molar-refractivity contribution < 1.29 is 42.9 Å². The van der Waals surface area contributed by atoms with E-state index in [2.05, 4.69) is 4.90 Å². The van der Waals surface area contributed by atoms with Gasteiger partial charge in [-0.15, -0.1) is 23.2 Å². The highest BCUT2D eigenvalue weighted by molar-refractivity contribution is 6.58. The van der Waals surface area contributed by atoms with Gasteiger partial charge in [0, 0.05) is 42.4 Å². The van der Waals surface area contributed by atoms with E-state index < -0.39 is 57.0 Å². The molecule has 0 bridgehead atoms. The Kier molecular flexibility index (Phi) is 8.27. The van der Waals surface area contributed by atoms with Crippen molar-refractivity contribution >= 4 is 63.9 Å². The van der Waals surface area contributed by atoms with Crippen molar-refractivity contribution in [2.24, 2.45) is 17.8 Å². The fraction of sp³-hybridized carbons (Fsp3) is 0.368. The Labute approximate surface area is 308 Å². The zero-order valence-electron chi connectivity index (χ0n) is 28.2. The van der Waals surface area contributed by atoms with Gasteiger partial charge in [0.15, 0.2) is 9.75 Å². The number of phenols is 1. The van der Waals surface area contributed by atoms with Gasteiger partial charge in [-0.1, -0.05) is 11.6 Å². The molecule has 0 unspecified atom stereocenters. The number of allylic oxidation sites excluding steroid dienone is 2. The fourth-order valence-electron chi connectivity index (χ4n) is 8.77. The molecule has 4 fully saturated rings. The molecule has 3 aromatic carbocycles. The van der Waals surface area contributed by atoms with Gasteiger partial charge in [-0.3, -0.25) is 24.1 Å². The topological polar surface area (TPSA) is 126 Å².